The van der Waals surface area contributed by atoms with E-state index < -0.39 is 6.04 Å². The first-order valence-corrected chi connectivity index (χ1v) is 3.90. The molecule has 1 atom stereocenters. The maximum Gasteiger partial charge on any atom is 0.0853 e. The van der Waals surface area contributed by atoms with Crippen molar-refractivity contribution in [1.82, 2.24) is 0 Å². The summed E-state index contributed by atoms with van der Waals surface area (Å²) < 4.78 is 0. The first-order chi connectivity index (χ1) is 5.88. The molecule has 0 bridgehead atoms. The molecule has 1 unspecified atom stereocenters. The third-order valence-corrected chi connectivity index (χ3v) is 1.77. The van der Waals surface area contributed by atoms with Gasteiger partial charge >= 0.3 is 0 Å². The highest BCUT2D eigenvalue weighted by Crippen LogP contribution is 2.15. The van der Waals surface area contributed by atoms with Crippen molar-refractivity contribution in [1.29, 1.82) is 0 Å². The van der Waals surface area contributed by atoms with Crippen LogP contribution in [0.2, 0.25) is 0 Å². The maximum absolute atomic E-state index is 8.87. The summed E-state index contributed by atoms with van der Waals surface area (Å²) in [5.74, 6) is 0. The van der Waals surface area contributed by atoms with Gasteiger partial charge in [0, 0.05) is 4.91 Å². The summed E-state index contributed by atoms with van der Waals surface area (Å²) in [6.45, 7) is -0.125. The minimum Gasteiger partial charge on any atom is -0.396 e. The Morgan fingerprint density at radius 2 is 2.50 bits per heavy atom. The zero-order chi connectivity index (χ0) is 8.81. The summed E-state index contributed by atoms with van der Waals surface area (Å²) in [6.07, 6.45) is 7.90. The van der Waals surface area contributed by atoms with E-state index in [1.807, 2.05) is 18.2 Å². The number of hydrogen-bond acceptors (Lipinski definition) is 2. The largest absolute Gasteiger partial charge is 0.396 e. The summed E-state index contributed by atoms with van der Waals surface area (Å²) in [6, 6.07) is -0.411. The normalized spacial score (nSPS) is 17.9. The van der Waals surface area contributed by atoms with E-state index >= 15 is 0 Å². The molecule has 1 aliphatic carbocycles. The summed E-state index contributed by atoms with van der Waals surface area (Å²) in [5.41, 5.74) is 9.11. The van der Waals surface area contributed by atoms with Crippen molar-refractivity contribution in [2.45, 2.75) is 18.9 Å². The number of allylic oxidation sites excluding steroid dienone is 2. The van der Waals surface area contributed by atoms with E-state index in [2.05, 4.69) is 10.0 Å². The van der Waals surface area contributed by atoms with Gasteiger partial charge < -0.3 is 5.11 Å². The van der Waals surface area contributed by atoms with Crippen LogP contribution in [0.4, 0.5) is 0 Å². The van der Waals surface area contributed by atoms with E-state index in [0.717, 1.165) is 18.4 Å². The van der Waals surface area contributed by atoms with Gasteiger partial charge in [-0.3, -0.25) is 0 Å². The molecule has 0 heterocycles. The third-order valence-electron chi connectivity index (χ3n) is 1.77. The van der Waals surface area contributed by atoms with Crippen LogP contribution in [0.3, 0.4) is 0 Å². The van der Waals surface area contributed by atoms with Gasteiger partial charge in [0.1, 0.15) is 0 Å². The molecule has 4 heteroatoms. The Hall–Kier alpha value is -1.25. The van der Waals surface area contributed by atoms with Crippen molar-refractivity contribution in [3.8, 4) is 0 Å². The van der Waals surface area contributed by atoms with E-state index in [0.29, 0.717) is 0 Å². The zero-order valence-electron chi connectivity index (χ0n) is 6.72. The topological polar surface area (TPSA) is 69.0 Å². The second-order valence-electron chi connectivity index (χ2n) is 2.59. The number of aliphatic hydroxyl groups is 1. The molecule has 0 saturated heterocycles. The van der Waals surface area contributed by atoms with Gasteiger partial charge in [-0.25, -0.2) is 0 Å². The van der Waals surface area contributed by atoms with E-state index in [-0.39, 0.29) is 6.61 Å². The molecule has 0 fully saturated rings. The van der Waals surface area contributed by atoms with Crippen molar-refractivity contribution < 1.29 is 5.11 Å². The molecule has 0 amide bonds. The lowest BCUT2D eigenvalue weighted by molar-refractivity contribution is 0.280. The smallest absolute Gasteiger partial charge is 0.0853 e. The second-order valence-corrected chi connectivity index (χ2v) is 2.59. The van der Waals surface area contributed by atoms with E-state index in [9.17, 15) is 0 Å². The van der Waals surface area contributed by atoms with Crippen LogP contribution in [0.5, 0.6) is 0 Å². The molecule has 1 aliphatic rings. The Labute approximate surface area is 70.8 Å². The van der Waals surface area contributed by atoms with Gasteiger partial charge in [0.25, 0.3) is 0 Å². The molecule has 1 rings (SSSR count). The average Bonchev–Trinajstić information content (AvgIpc) is 2.15. The van der Waals surface area contributed by atoms with Crippen molar-refractivity contribution in [3.05, 3.63) is 34.2 Å². The van der Waals surface area contributed by atoms with Crippen molar-refractivity contribution in [2.75, 3.05) is 6.61 Å². The lowest BCUT2D eigenvalue weighted by Gasteiger charge is -2.11. The lowest BCUT2D eigenvalue weighted by atomic mass is 10.0. The van der Waals surface area contributed by atoms with E-state index in [1.165, 1.54) is 0 Å². The first kappa shape index (κ1) is 8.84. The number of hydrogen-bond donors (Lipinski definition) is 1. The van der Waals surface area contributed by atoms with Crippen LogP contribution < -0.4 is 0 Å². The fourth-order valence-electron chi connectivity index (χ4n) is 1.15. The Balaban J connectivity index is 2.71. The summed E-state index contributed by atoms with van der Waals surface area (Å²) >= 11 is 0. The van der Waals surface area contributed by atoms with Crippen LogP contribution in [0.15, 0.2) is 28.9 Å². The van der Waals surface area contributed by atoms with Crippen molar-refractivity contribution in [3.63, 3.8) is 0 Å². The predicted molar refractivity (Wildman–Crippen MR) is 46.5 cm³/mol. The molecule has 0 aromatic heterocycles. The summed E-state index contributed by atoms with van der Waals surface area (Å²) in [4.78, 5) is 2.67. The third kappa shape index (κ3) is 2.12. The van der Waals surface area contributed by atoms with Gasteiger partial charge in [0.15, 0.2) is 0 Å². The molecular weight excluding hydrogens is 154 g/mol. The van der Waals surface area contributed by atoms with E-state index in [4.69, 9.17) is 10.6 Å². The van der Waals surface area contributed by atoms with Crippen LogP contribution in [-0.4, -0.2) is 17.8 Å². The number of azide groups is 1. The highest BCUT2D eigenvalue weighted by molar-refractivity contribution is 5.27. The molecule has 0 aliphatic heterocycles. The Morgan fingerprint density at radius 1 is 1.67 bits per heavy atom. The highest BCUT2D eigenvalue weighted by atomic mass is 16.3. The highest BCUT2D eigenvalue weighted by Gasteiger charge is 2.09. The Morgan fingerprint density at radius 3 is 3.00 bits per heavy atom. The SMILES string of the molecule is [N-]=[N+]=NC(CO)C1=CCCC=C1. The minimum atomic E-state index is -0.411. The number of aliphatic hydroxyl groups excluding tert-OH is 1. The molecule has 1 N–H and O–H groups in total. The van der Waals surface area contributed by atoms with Crippen molar-refractivity contribution in [2.24, 2.45) is 5.11 Å². The lowest BCUT2D eigenvalue weighted by Crippen LogP contribution is -2.12. The summed E-state index contributed by atoms with van der Waals surface area (Å²) in [5, 5.41) is 12.3. The van der Waals surface area contributed by atoms with Crippen LogP contribution in [-0.2, 0) is 0 Å². The average molecular weight is 165 g/mol. The molecule has 4 nitrogen and oxygen atoms in total. The van der Waals surface area contributed by atoms with Crippen LogP contribution in [0.1, 0.15) is 12.8 Å². The first-order valence-electron chi connectivity index (χ1n) is 3.90. The van der Waals surface area contributed by atoms with Gasteiger partial charge in [0.05, 0.1) is 12.6 Å². The van der Waals surface area contributed by atoms with Crippen LogP contribution in [0, 0.1) is 0 Å². The van der Waals surface area contributed by atoms with Crippen LogP contribution >= 0.6 is 0 Å². The standard InChI is InChI=1S/C8H11N3O/c9-11-10-8(6-12)7-4-2-1-3-5-7/h2,4-5,8,12H,1,3,6H2. The maximum atomic E-state index is 8.87. The van der Waals surface area contributed by atoms with Gasteiger partial charge in [-0.05, 0) is 23.9 Å². The fourth-order valence-corrected chi connectivity index (χ4v) is 1.15. The molecule has 12 heavy (non-hydrogen) atoms. The van der Waals surface area contributed by atoms with Gasteiger partial charge in [-0.2, -0.15) is 0 Å². The molecule has 0 aromatic carbocycles. The van der Waals surface area contributed by atoms with Gasteiger partial charge in [-0.15, -0.1) is 0 Å². The van der Waals surface area contributed by atoms with Crippen molar-refractivity contribution >= 4 is 0 Å². The predicted octanol–water partition coefficient (Wildman–Crippen LogP) is 1.93. The minimum absolute atomic E-state index is 0.125. The molecule has 64 valence electrons. The molecule has 0 aromatic rings. The Kier molecular flexibility index (Phi) is 3.38. The molecule has 0 spiro atoms. The van der Waals surface area contributed by atoms with Gasteiger partial charge in [0.2, 0.25) is 0 Å². The molecule has 0 radical (unpaired) electrons. The number of rotatable bonds is 3. The summed E-state index contributed by atoms with van der Waals surface area (Å²) in [7, 11) is 0. The zero-order valence-corrected chi connectivity index (χ0v) is 6.72. The molecular formula is C8H11N3O. The van der Waals surface area contributed by atoms with E-state index in [1.54, 1.807) is 0 Å². The number of nitrogens with zero attached hydrogens (tertiary/aromatic N) is 3. The van der Waals surface area contributed by atoms with Gasteiger partial charge in [-0.1, -0.05) is 23.3 Å². The monoisotopic (exact) mass is 165 g/mol. The Bertz CT molecular complexity index is 251. The second kappa shape index (κ2) is 4.59. The molecule has 0 saturated carbocycles. The van der Waals surface area contributed by atoms with Crippen LogP contribution in [0.25, 0.3) is 10.4 Å². The quantitative estimate of drug-likeness (QED) is 0.387. The fraction of sp³-hybridized carbons (Fsp3) is 0.500.